The zero-order valence-electron chi connectivity index (χ0n) is 5.77. The molecule has 0 aliphatic heterocycles. The third-order valence-electron chi connectivity index (χ3n) is 1.18. The molecular weight excluding hydrogens is 220 g/mol. The van der Waals surface area contributed by atoms with Crippen LogP contribution in [0.5, 0.6) is 0 Å². The van der Waals surface area contributed by atoms with Gasteiger partial charge in [-0.2, -0.15) is 0 Å². The molecule has 1 amide bonds. The standard InChI is InChI=1S/C7H4Cl3NO/c8-4-2-1-3-5(6(4)9)11-7(10)12/h1-3H,(H,11,12). The molecule has 5 heteroatoms. The molecule has 0 aromatic heterocycles. The molecule has 1 aromatic rings. The Labute approximate surface area is 84.4 Å². The minimum atomic E-state index is -0.695. The molecule has 0 heterocycles. The molecule has 0 unspecified atom stereocenters. The Morgan fingerprint density at radius 1 is 1.33 bits per heavy atom. The summed E-state index contributed by atoms with van der Waals surface area (Å²) in [5.41, 5.74) is 0.407. The number of rotatable bonds is 1. The highest BCUT2D eigenvalue weighted by atomic mass is 35.5. The maximum atomic E-state index is 10.4. The Morgan fingerprint density at radius 3 is 2.58 bits per heavy atom. The molecule has 0 saturated heterocycles. The van der Waals surface area contributed by atoms with Crippen LogP contribution in [0.1, 0.15) is 0 Å². The number of nitrogens with one attached hydrogen (secondary N) is 1. The van der Waals surface area contributed by atoms with Gasteiger partial charge in [0.25, 0.3) is 0 Å². The van der Waals surface area contributed by atoms with Crippen molar-refractivity contribution in [1.29, 1.82) is 0 Å². The molecule has 0 atom stereocenters. The normalized spacial score (nSPS) is 9.58. The molecule has 12 heavy (non-hydrogen) atoms. The van der Waals surface area contributed by atoms with Crippen LogP contribution in [0, 0.1) is 0 Å². The summed E-state index contributed by atoms with van der Waals surface area (Å²) in [6, 6.07) is 4.89. The molecule has 1 N–H and O–H groups in total. The zero-order valence-corrected chi connectivity index (χ0v) is 8.04. The van der Waals surface area contributed by atoms with E-state index in [9.17, 15) is 4.79 Å². The smallest absolute Gasteiger partial charge is 0.311 e. The molecule has 0 radical (unpaired) electrons. The number of carbonyl (C=O) groups excluding carboxylic acids is 1. The average Bonchev–Trinajstić information content (AvgIpc) is 1.98. The van der Waals surface area contributed by atoms with Gasteiger partial charge in [0, 0.05) is 0 Å². The Morgan fingerprint density at radius 2 is 2.00 bits per heavy atom. The van der Waals surface area contributed by atoms with E-state index >= 15 is 0 Å². The highest BCUT2D eigenvalue weighted by Crippen LogP contribution is 2.29. The van der Waals surface area contributed by atoms with E-state index in [0.29, 0.717) is 10.7 Å². The first-order chi connectivity index (χ1) is 5.61. The summed E-state index contributed by atoms with van der Waals surface area (Å²) in [5.74, 6) is 0. The van der Waals surface area contributed by atoms with Crippen molar-refractivity contribution in [2.24, 2.45) is 0 Å². The molecule has 0 bridgehead atoms. The minimum absolute atomic E-state index is 0.285. The summed E-state index contributed by atoms with van der Waals surface area (Å²) in [6.07, 6.45) is 0. The summed E-state index contributed by atoms with van der Waals surface area (Å²) >= 11 is 16.5. The van der Waals surface area contributed by atoms with E-state index < -0.39 is 5.37 Å². The lowest BCUT2D eigenvalue weighted by Gasteiger charge is -2.03. The second-order valence-corrected chi connectivity index (χ2v) is 3.13. The molecule has 0 aliphatic rings. The summed E-state index contributed by atoms with van der Waals surface area (Å²) in [5, 5.41) is 2.29. The Kier molecular flexibility index (Phi) is 3.20. The first kappa shape index (κ1) is 9.65. The molecule has 0 fully saturated rings. The van der Waals surface area contributed by atoms with Crippen LogP contribution in [0.25, 0.3) is 0 Å². The van der Waals surface area contributed by atoms with E-state index in [2.05, 4.69) is 5.32 Å². The van der Waals surface area contributed by atoms with Crippen molar-refractivity contribution in [2.75, 3.05) is 5.32 Å². The number of anilines is 1. The fourth-order valence-electron chi connectivity index (χ4n) is 0.706. The lowest BCUT2D eigenvalue weighted by atomic mass is 10.3. The van der Waals surface area contributed by atoms with Gasteiger partial charge in [0.05, 0.1) is 15.7 Å². The molecular formula is C7H4Cl3NO. The van der Waals surface area contributed by atoms with E-state index in [4.69, 9.17) is 34.8 Å². The van der Waals surface area contributed by atoms with Crippen molar-refractivity contribution >= 4 is 45.9 Å². The van der Waals surface area contributed by atoms with Gasteiger partial charge in [-0.15, -0.1) is 0 Å². The summed E-state index contributed by atoms with van der Waals surface area (Å²) < 4.78 is 0. The van der Waals surface area contributed by atoms with Crippen molar-refractivity contribution < 1.29 is 4.79 Å². The van der Waals surface area contributed by atoms with Gasteiger partial charge in [0.1, 0.15) is 0 Å². The lowest BCUT2D eigenvalue weighted by Crippen LogP contribution is -2.01. The van der Waals surface area contributed by atoms with Gasteiger partial charge in [-0.05, 0) is 23.7 Å². The molecule has 0 aliphatic carbocycles. The number of benzene rings is 1. The molecule has 0 spiro atoms. The van der Waals surface area contributed by atoms with Crippen molar-refractivity contribution in [1.82, 2.24) is 0 Å². The predicted molar refractivity (Wildman–Crippen MR) is 51.3 cm³/mol. The molecule has 1 rings (SSSR count). The van der Waals surface area contributed by atoms with Gasteiger partial charge in [0.15, 0.2) is 0 Å². The van der Waals surface area contributed by atoms with Crippen molar-refractivity contribution in [3.8, 4) is 0 Å². The average molecular weight is 224 g/mol. The first-order valence-corrected chi connectivity index (χ1v) is 4.15. The third kappa shape index (κ3) is 2.27. The lowest BCUT2D eigenvalue weighted by molar-refractivity contribution is 0.269. The van der Waals surface area contributed by atoms with Gasteiger partial charge in [-0.1, -0.05) is 29.3 Å². The van der Waals surface area contributed by atoms with Crippen LogP contribution in [-0.2, 0) is 0 Å². The number of carbonyl (C=O) groups is 1. The molecule has 2 nitrogen and oxygen atoms in total. The second-order valence-electron chi connectivity index (χ2n) is 2.00. The highest BCUT2D eigenvalue weighted by Gasteiger charge is 2.05. The number of hydrogen-bond donors (Lipinski definition) is 1. The van der Waals surface area contributed by atoms with Gasteiger partial charge >= 0.3 is 5.37 Å². The summed E-state index contributed by atoms with van der Waals surface area (Å²) in [4.78, 5) is 10.4. The fraction of sp³-hybridized carbons (Fsp3) is 0. The summed E-state index contributed by atoms with van der Waals surface area (Å²) in [7, 11) is 0. The molecule has 0 saturated carbocycles. The van der Waals surface area contributed by atoms with E-state index in [0.717, 1.165) is 0 Å². The van der Waals surface area contributed by atoms with Crippen LogP contribution in [0.4, 0.5) is 10.5 Å². The van der Waals surface area contributed by atoms with Crippen LogP contribution >= 0.6 is 34.8 Å². The van der Waals surface area contributed by atoms with E-state index in [1.807, 2.05) is 0 Å². The SMILES string of the molecule is O=C(Cl)Nc1cccc(Cl)c1Cl. The van der Waals surface area contributed by atoms with E-state index in [-0.39, 0.29) is 5.02 Å². The van der Waals surface area contributed by atoms with Crippen LogP contribution in [-0.4, -0.2) is 5.37 Å². The topological polar surface area (TPSA) is 29.1 Å². The van der Waals surface area contributed by atoms with Crippen LogP contribution in [0.3, 0.4) is 0 Å². The first-order valence-electron chi connectivity index (χ1n) is 3.02. The number of amides is 1. The van der Waals surface area contributed by atoms with Gasteiger partial charge < -0.3 is 5.32 Å². The Balaban J connectivity index is 3.00. The molecule has 1 aromatic carbocycles. The van der Waals surface area contributed by atoms with E-state index in [1.165, 1.54) is 0 Å². The second kappa shape index (κ2) is 3.99. The molecule has 64 valence electrons. The fourth-order valence-corrected chi connectivity index (χ4v) is 1.16. The van der Waals surface area contributed by atoms with Crippen LogP contribution < -0.4 is 5.32 Å². The van der Waals surface area contributed by atoms with Crippen LogP contribution in [0.15, 0.2) is 18.2 Å². The van der Waals surface area contributed by atoms with Gasteiger partial charge in [0.2, 0.25) is 0 Å². The minimum Gasteiger partial charge on any atom is -0.311 e. The Hall–Kier alpha value is -0.440. The predicted octanol–water partition coefficient (Wildman–Crippen LogP) is 3.76. The van der Waals surface area contributed by atoms with Crippen molar-refractivity contribution in [2.45, 2.75) is 0 Å². The summed E-state index contributed by atoms with van der Waals surface area (Å²) in [6.45, 7) is 0. The van der Waals surface area contributed by atoms with Crippen molar-refractivity contribution in [3.05, 3.63) is 28.2 Å². The Bertz CT molecular complexity index is 314. The number of hydrogen-bond acceptors (Lipinski definition) is 1. The van der Waals surface area contributed by atoms with Crippen LogP contribution in [0.2, 0.25) is 10.0 Å². The number of halogens is 3. The highest BCUT2D eigenvalue weighted by molar-refractivity contribution is 6.66. The maximum Gasteiger partial charge on any atom is 0.318 e. The van der Waals surface area contributed by atoms with E-state index in [1.54, 1.807) is 18.2 Å². The van der Waals surface area contributed by atoms with Gasteiger partial charge in [-0.3, -0.25) is 4.79 Å². The van der Waals surface area contributed by atoms with Gasteiger partial charge in [-0.25, -0.2) is 0 Å². The zero-order chi connectivity index (χ0) is 9.14. The van der Waals surface area contributed by atoms with Crippen molar-refractivity contribution in [3.63, 3.8) is 0 Å². The quantitative estimate of drug-likeness (QED) is 0.571. The largest absolute Gasteiger partial charge is 0.318 e. The maximum absolute atomic E-state index is 10.4. The third-order valence-corrected chi connectivity index (χ3v) is 2.10. The monoisotopic (exact) mass is 223 g/mol.